The second-order valence-corrected chi connectivity index (χ2v) is 5.82. The molecule has 0 bridgehead atoms. The fourth-order valence-electron chi connectivity index (χ4n) is 2.06. The fourth-order valence-corrected chi connectivity index (χ4v) is 2.51. The molecule has 0 radical (unpaired) electrons. The molecule has 0 aromatic heterocycles. The van der Waals surface area contributed by atoms with Gasteiger partial charge in [0.2, 0.25) is 5.91 Å². The van der Waals surface area contributed by atoms with Crippen LogP contribution < -0.4 is 10.6 Å². The molecule has 0 atom stereocenters. The summed E-state index contributed by atoms with van der Waals surface area (Å²) in [7, 11) is 0. The number of anilines is 2. The normalized spacial score (nSPS) is 10.2. The van der Waals surface area contributed by atoms with E-state index in [0.717, 1.165) is 0 Å². The van der Waals surface area contributed by atoms with Crippen molar-refractivity contribution in [2.24, 2.45) is 0 Å². The van der Waals surface area contributed by atoms with Gasteiger partial charge in [0.25, 0.3) is 5.69 Å². The molecule has 24 heavy (non-hydrogen) atoms. The third-order valence-electron chi connectivity index (χ3n) is 3.20. The third-order valence-corrected chi connectivity index (χ3v) is 3.75. The molecule has 2 aromatic carbocycles. The van der Waals surface area contributed by atoms with Gasteiger partial charge in [-0.1, -0.05) is 35.3 Å². The summed E-state index contributed by atoms with van der Waals surface area (Å²) in [6, 6.07) is 11.2. The molecule has 1 amide bonds. The topological polar surface area (TPSA) is 84.3 Å². The average Bonchev–Trinajstić information content (AvgIpc) is 2.54. The molecule has 2 N–H and O–H groups in total. The summed E-state index contributed by atoms with van der Waals surface area (Å²) in [6.45, 7) is 0.437. The van der Waals surface area contributed by atoms with Crippen molar-refractivity contribution in [3.05, 3.63) is 62.6 Å². The van der Waals surface area contributed by atoms with Crippen molar-refractivity contribution in [2.75, 3.05) is 17.2 Å². The van der Waals surface area contributed by atoms with E-state index in [9.17, 15) is 14.9 Å². The molecule has 0 spiro atoms. The fraction of sp³-hybridized carbons (Fsp3) is 0.188. The number of carbonyl (C=O) groups is 1. The summed E-state index contributed by atoms with van der Waals surface area (Å²) in [4.78, 5) is 22.4. The van der Waals surface area contributed by atoms with Gasteiger partial charge in [-0.2, -0.15) is 0 Å². The Bertz CT molecular complexity index is 753. The number of nitrogens with one attached hydrogen (secondary N) is 2. The summed E-state index contributed by atoms with van der Waals surface area (Å²) >= 11 is 11.8. The second-order valence-electron chi connectivity index (χ2n) is 4.98. The lowest BCUT2D eigenvalue weighted by atomic mass is 10.2. The first-order valence-electron chi connectivity index (χ1n) is 7.19. The molecule has 126 valence electrons. The van der Waals surface area contributed by atoms with Crippen LogP contribution in [0, 0.1) is 10.1 Å². The van der Waals surface area contributed by atoms with E-state index in [2.05, 4.69) is 10.6 Å². The summed E-state index contributed by atoms with van der Waals surface area (Å²) < 4.78 is 0. The zero-order valence-electron chi connectivity index (χ0n) is 12.6. The van der Waals surface area contributed by atoms with Crippen LogP contribution in [0.2, 0.25) is 10.0 Å². The molecule has 0 aliphatic heterocycles. The van der Waals surface area contributed by atoms with Crippen LogP contribution in [0.15, 0.2) is 42.5 Å². The molecule has 6 nitrogen and oxygen atoms in total. The van der Waals surface area contributed by atoms with Crippen LogP contribution in [0.5, 0.6) is 0 Å². The van der Waals surface area contributed by atoms with Crippen molar-refractivity contribution in [1.82, 2.24) is 0 Å². The van der Waals surface area contributed by atoms with Crippen LogP contribution in [0.1, 0.15) is 12.8 Å². The van der Waals surface area contributed by atoms with Crippen molar-refractivity contribution in [1.29, 1.82) is 0 Å². The van der Waals surface area contributed by atoms with Crippen LogP contribution in [-0.4, -0.2) is 17.4 Å². The van der Waals surface area contributed by atoms with Crippen LogP contribution in [-0.2, 0) is 4.79 Å². The van der Waals surface area contributed by atoms with Gasteiger partial charge in [0.1, 0.15) is 5.69 Å². The maximum atomic E-state index is 11.9. The molecular formula is C16H15Cl2N3O3. The van der Waals surface area contributed by atoms with Crippen molar-refractivity contribution in [2.45, 2.75) is 12.8 Å². The molecule has 2 aromatic rings. The summed E-state index contributed by atoms with van der Waals surface area (Å²) in [6.07, 6.45) is 0.773. The third kappa shape index (κ3) is 5.11. The van der Waals surface area contributed by atoms with E-state index in [1.54, 1.807) is 36.4 Å². The van der Waals surface area contributed by atoms with Gasteiger partial charge in [-0.3, -0.25) is 14.9 Å². The van der Waals surface area contributed by atoms with E-state index in [1.165, 1.54) is 6.07 Å². The van der Waals surface area contributed by atoms with E-state index in [4.69, 9.17) is 23.2 Å². The Labute approximate surface area is 148 Å². The number of nitro groups is 1. The predicted molar refractivity (Wildman–Crippen MR) is 95.9 cm³/mol. The zero-order valence-corrected chi connectivity index (χ0v) is 14.1. The van der Waals surface area contributed by atoms with Crippen LogP contribution in [0.4, 0.5) is 17.1 Å². The van der Waals surface area contributed by atoms with Crippen LogP contribution >= 0.6 is 23.2 Å². The molecule has 0 unspecified atom stereocenters. The minimum atomic E-state index is -0.447. The Morgan fingerprint density at radius 3 is 2.58 bits per heavy atom. The van der Waals surface area contributed by atoms with E-state index >= 15 is 0 Å². The maximum absolute atomic E-state index is 11.9. The lowest BCUT2D eigenvalue weighted by Gasteiger charge is -2.09. The summed E-state index contributed by atoms with van der Waals surface area (Å²) in [5.41, 5.74) is 0.941. The minimum absolute atomic E-state index is 0.00916. The SMILES string of the molecule is O=C(CCCNc1ccccc1[N+](=O)[O-])Nc1ccc(Cl)cc1Cl. The van der Waals surface area contributed by atoms with Gasteiger partial charge >= 0.3 is 0 Å². The van der Waals surface area contributed by atoms with Gasteiger partial charge in [0.05, 0.1) is 15.6 Å². The Morgan fingerprint density at radius 2 is 1.88 bits per heavy atom. The molecule has 0 heterocycles. The summed E-state index contributed by atoms with van der Waals surface area (Å²) in [5, 5.41) is 17.4. The number of carbonyl (C=O) groups excluding carboxylic acids is 1. The Kier molecular flexibility index (Phi) is 6.40. The van der Waals surface area contributed by atoms with Gasteiger partial charge in [-0.05, 0) is 30.7 Å². The number of amides is 1. The first kappa shape index (κ1) is 18.0. The lowest BCUT2D eigenvalue weighted by molar-refractivity contribution is -0.384. The number of hydrogen-bond acceptors (Lipinski definition) is 4. The number of para-hydroxylation sites is 2. The van der Waals surface area contributed by atoms with Crippen molar-refractivity contribution >= 4 is 46.2 Å². The number of nitrogens with zero attached hydrogens (tertiary/aromatic N) is 1. The zero-order chi connectivity index (χ0) is 17.5. The maximum Gasteiger partial charge on any atom is 0.292 e. The van der Waals surface area contributed by atoms with Gasteiger partial charge < -0.3 is 10.6 Å². The van der Waals surface area contributed by atoms with Gasteiger partial charge in [0, 0.05) is 24.1 Å². The number of rotatable bonds is 7. The highest BCUT2D eigenvalue weighted by Crippen LogP contribution is 2.26. The summed E-state index contributed by atoms with van der Waals surface area (Å²) in [5.74, 6) is -0.191. The smallest absolute Gasteiger partial charge is 0.292 e. The number of halogens is 2. The van der Waals surface area contributed by atoms with Gasteiger partial charge in [0.15, 0.2) is 0 Å². The van der Waals surface area contributed by atoms with E-state index in [1.807, 2.05) is 0 Å². The first-order valence-corrected chi connectivity index (χ1v) is 7.95. The highest BCUT2D eigenvalue weighted by atomic mass is 35.5. The van der Waals surface area contributed by atoms with Gasteiger partial charge in [-0.15, -0.1) is 0 Å². The monoisotopic (exact) mass is 367 g/mol. The van der Waals surface area contributed by atoms with E-state index in [0.29, 0.717) is 34.4 Å². The molecular weight excluding hydrogens is 353 g/mol. The first-order chi connectivity index (χ1) is 11.5. The average molecular weight is 368 g/mol. The van der Waals surface area contributed by atoms with Crippen LogP contribution in [0.25, 0.3) is 0 Å². The van der Waals surface area contributed by atoms with Crippen LogP contribution in [0.3, 0.4) is 0 Å². The van der Waals surface area contributed by atoms with Crippen molar-refractivity contribution < 1.29 is 9.72 Å². The molecule has 2 rings (SSSR count). The van der Waals surface area contributed by atoms with Crippen molar-refractivity contribution in [3.63, 3.8) is 0 Å². The second kappa shape index (κ2) is 8.52. The van der Waals surface area contributed by atoms with E-state index < -0.39 is 4.92 Å². The number of nitro benzene ring substituents is 1. The Morgan fingerprint density at radius 1 is 1.12 bits per heavy atom. The predicted octanol–water partition coefficient (Wildman–Crippen LogP) is 4.73. The molecule has 0 aliphatic rings. The number of hydrogen-bond donors (Lipinski definition) is 2. The van der Waals surface area contributed by atoms with Crippen molar-refractivity contribution in [3.8, 4) is 0 Å². The molecule has 0 aliphatic carbocycles. The largest absolute Gasteiger partial charge is 0.379 e. The Hall–Kier alpha value is -2.31. The van der Waals surface area contributed by atoms with Gasteiger partial charge in [-0.25, -0.2) is 0 Å². The Balaban J connectivity index is 1.80. The molecule has 0 fully saturated rings. The standard InChI is InChI=1S/C16H15Cl2N3O3/c17-11-7-8-13(12(18)10-11)20-16(22)6-3-9-19-14-4-1-2-5-15(14)21(23)24/h1-2,4-5,7-8,10,19H,3,6,9H2,(H,20,22). The quantitative estimate of drug-likeness (QED) is 0.420. The highest BCUT2D eigenvalue weighted by molar-refractivity contribution is 6.36. The molecule has 0 saturated heterocycles. The lowest BCUT2D eigenvalue weighted by Crippen LogP contribution is -2.14. The minimum Gasteiger partial charge on any atom is -0.379 e. The molecule has 0 saturated carbocycles. The molecule has 8 heteroatoms. The highest BCUT2D eigenvalue weighted by Gasteiger charge is 2.12. The number of benzene rings is 2. The van der Waals surface area contributed by atoms with E-state index in [-0.39, 0.29) is 18.0 Å².